The van der Waals surface area contributed by atoms with E-state index in [1.54, 1.807) is 55.5 Å². The first-order valence-corrected chi connectivity index (χ1v) is 16.2. The van der Waals surface area contributed by atoms with Gasteiger partial charge in [-0.1, -0.05) is 53.1 Å². The number of hydrogen-bond acceptors (Lipinski definition) is 9. The number of nitrogens with one attached hydrogen (secondary N) is 1. The zero-order chi connectivity index (χ0) is 34.1. The number of imide groups is 2. The van der Waals surface area contributed by atoms with Crippen LogP contribution in [0, 0.1) is 23.7 Å². The minimum Gasteiger partial charge on any atom is -0.504 e. The molecule has 248 valence electrons. The number of methoxy groups -OCH3 is 1. The second-order valence-electron chi connectivity index (χ2n) is 12.4. The predicted molar refractivity (Wildman–Crippen MR) is 174 cm³/mol. The van der Waals surface area contributed by atoms with Crippen molar-refractivity contribution in [2.75, 3.05) is 19.1 Å². The molecule has 48 heavy (non-hydrogen) atoms. The molecule has 0 aromatic heterocycles. The van der Waals surface area contributed by atoms with Crippen LogP contribution in [-0.4, -0.2) is 57.7 Å². The molecule has 2 saturated heterocycles. The Balaban J connectivity index is 1.48. The van der Waals surface area contributed by atoms with E-state index < -0.39 is 58.6 Å². The minimum absolute atomic E-state index is 0.0376. The quantitative estimate of drug-likeness (QED) is 0.167. The maximum absolute atomic E-state index is 15.2. The van der Waals surface area contributed by atoms with Crippen LogP contribution in [0.3, 0.4) is 0 Å². The molecule has 2 aliphatic carbocycles. The van der Waals surface area contributed by atoms with E-state index in [-0.39, 0.29) is 46.7 Å². The fraction of sp³-hybridized carbons (Fsp3) is 0.314. The van der Waals surface area contributed by atoms with Gasteiger partial charge in [0.25, 0.3) is 23.6 Å². The summed E-state index contributed by atoms with van der Waals surface area (Å²) in [6, 6.07) is 16.3. The summed E-state index contributed by atoms with van der Waals surface area (Å²) in [7, 11) is 1.52. The van der Waals surface area contributed by atoms with Crippen molar-refractivity contribution in [2.45, 2.75) is 31.1 Å². The highest BCUT2D eigenvalue weighted by Crippen LogP contribution is 2.64. The van der Waals surface area contributed by atoms with Crippen LogP contribution in [0.25, 0.3) is 0 Å². The zero-order valence-electron chi connectivity index (χ0n) is 25.9. The molecule has 1 saturated carbocycles. The van der Waals surface area contributed by atoms with Gasteiger partial charge in [-0.2, -0.15) is 10.1 Å². The Morgan fingerprint density at radius 1 is 0.958 bits per heavy atom. The molecule has 0 radical (unpaired) electrons. The first-order chi connectivity index (χ1) is 23.0. The Bertz CT molecular complexity index is 1900. The van der Waals surface area contributed by atoms with Crippen molar-refractivity contribution in [2.24, 2.45) is 23.7 Å². The maximum Gasteiger partial charge on any atom is 0.260 e. The number of aromatic hydroxyl groups is 1. The highest BCUT2D eigenvalue weighted by Gasteiger charge is 2.70. The van der Waals surface area contributed by atoms with Crippen molar-refractivity contribution >= 4 is 52.5 Å². The lowest BCUT2D eigenvalue weighted by Gasteiger charge is -2.50. The molecule has 11 nitrogen and oxygen atoms in total. The smallest absolute Gasteiger partial charge is 0.260 e. The van der Waals surface area contributed by atoms with Gasteiger partial charge >= 0.3 is 0 Å². The van der Waals surface area contributed by atoms with Gasteiger partial charge in [0.1, 0.15) is 5.75 Å². The number of benzene rings is 3. The molecular weight excluding hydrogens is 661 g/mol. The number of nitrogens with zero attached hydrogens (tertiary/aromatic N) is 2. The Kier molecular flexibility index (Phi) is 7.89. The van der Waals surface area contributed by atoms with E-state index >= 15 is 4.79 Å². The second-order valence-corrected chi connectivity index (χ2v) is 13.2. The van der Waals surface area contributed by atoms with Crippen LogP contribution >= 0.6 is 23.2 Å². The topological polar surface area (TPSA) is 146 Å². The number of phenols is 1. The highest BCUT2D eigenvalue weighted by atomic mass is 35.5. The molecule has 6 unspecified atom stereocenters. The first-order valence-electron chi connectivity index (χ1n) is 15.5. The maximum atomic E-state index is 15.2. The van der Waals surface area contributed by atoms with Gasteiger partial charge in [-0.3, -0.25) is 29.8 Å². The third-order valence-electron chi connectivity index (χ3n) is 10.2. The Labute approximate surface area is 285 Å². The summed E-state index contributed by atoms with van der Waals surface area (Å²) < 4.78 is 11.2. The van der Waals surface area contributed by atoms with Gasteiger partial charge in [0.2, 0.25) is 0 Å². The van der Waals surface area contributed by atoms with Crippen LogP contribution in [0.15, 0.2) is 72.3 Å². The van der Waals surface area contributed by atoms with Crippen LogP contribution in [0.5, 0.6) is 17.2 Å². The molecule has 3 N–H and O–H groups in total. The average Bonchev–Trinajstić information content (AvgIpc) is 3.43. The number of phenolic OH excluding ortho intramolecular Hbond substituents is 1. The summed E-state index contributed by atoms with van der Waals surface area (Å²) in [4.78, 5) is 56.2. The molecule has 3 aromatic carbocycles. The second kappa shape index (κ2) is 11.8. The number of amides is 4. The van der Waals surface area contributed by atoms with Crippen molar-refractivity contribution in [3.05, 3.63) is 93.5 Å². The van der Waals surface area contributed by atoms with Gasteiger partial charge in [0.05, 0.1) is 47.6 Å². The van der Waals surface area contributed by atoms with E-state index in [4.69, 9.17) is 32.7 Å². The summed E-state index contributed by atoms with van der Waals surface area (Å²) in [6.45, 7) is 2.03. The molecule has 3 aromatic rings. The van der Waals surface area contributed by atoms with Gasteiger partial charge in [0, 0.05) is 10.9 Å². The van der Waals surface area contributed by atoms with Crippen molar-refractivity contribution in [3.8, 4) is 17.2 Å². The van der Waals surface area contributed by atoms with Crippen LogP contribution in [0.2, 0.25) is 10.0 Å². The fourth-order valence-electron chi connectivity index (χ4n) is 8.18. The third kappa shape index (κ3) is 4.59. The standard InChI is InChI=1S/C35H31Cl2N3O8/c1-3-48-28-14-17(4-13-27(28)41)30-21-10-11-22-29(33(44)40(46)31(22)42)23(21)16-24-32(43)39(38-26-12-7-19(36)15-25(26)37)34(45)35(24,30)18-5-8-20(47-2)9-6-18/h4-10,12-15,22-24,29-30,38,41,46H,3,11,16H2,1-2H3. The molecule has 4 amide bonds. The SMILES string of the molecule is CCOc1cc(C2C3=CCC4C(=O)N(O)C(=O)C4C3CC3C(=O)N(Nc4ccc(Cl)cc4Cl)C(=O)C32c2ccc(OC)cc2)ccc1O. The average molecular weight is 693 g/mol. The number of carbonyl (C=O) groups excluding carboxylic acids is 4. The molecule has 0 bridgehead atoms. The van der Waals surface area contributed by atoms with Crippen LogP contribution < -0.4 is 14.9 Å². The number of rotatable bonds is 7. The van der Waals surface area contributed by atoms with E-state index in [9.17, 15) is 24.7 Å². The number of anilines is 1. The van der Waals surface area contributed by atoms with Crippen LogP contribution in [0.4, 0.5) is 5.69 Å². The number of fused-ring (bicyclic) bond motifs is 4. The normalized spacial score (nSPS) is 27.8. The number of hydrazine groups is 1. The summed E-state index contributed by atoms with van der Waals surface area (Å²) in [5, 5.41) is 22.8. The Morgan fingerprint density at radius 3 is 2.40 bits per heavy atom. The Morgan fingerprint density at radius 2 is 1.71 bits per heavy atom. The van der Waals surface area contributed by atoms with Crippen molar-refractivity contribution in [1.82, 2.24) is 10.1 Å². The molecular formula is C35H31Cl2N3O8. The highest BCUT2D eigenvalue weighted by molar-refractivity contribution is 6.36. The molecule has 0 spiro atoms. The number of ether oxygens (including phenoxy) is 2. The third-order valence-corrected chi connectivity index (χ3v) is 10.7. The lowest BCUT2D eigenvalue weighted by Crippen LogP contribution is -2.53. The monoisotopic (exact) mass is 691 g/mol. The first kappa shape index (κ1) is 32.0. The lowest BCUT2D eigenvalue weighted by atomic mass is 9.49. The van der Waals surface area contributed by atoms with Crippen molar-refractivity contribution in [1.29, 1.82) is 0 Å². The number of hydrogen-bond donors (Lipinski definition) is 3. The van der Waals surface area contributed by atoms with Gasteiger partial charge in [-0.05, 0) is 79.3 Å². The molecule has 13 heteroatoms. The fourth-order valence-corrected chi connectivity index (χ4v) is 8.63. The lowest BCUT2D eigenvalue weighted by molar-refractivity contribution is -0.173. The summed E-state index contributed by atoms with van der Waals surface area (Å²) >= 11 is 12.6. The zero-order valence-corrected chi connectivity index (χ0v) is 27.4. The van der Waals surface area contributed by atoms with Gasteiger partial charge in [-0.15, -0.1) is 0 Å². The van der Waals surface area contributed by atoms with Crippen molar-refractivity contribution in [3.63, 3.8) is 0 Å². The number of allylic oxidation sites excluding steroid dienone is 2. The minimum atomic E-state index is -1.57. The van der Waals surface area contributed by atoms with Crippen LogP contribution in [0.1, 0.15) is 36.8 Å². The summed E-state index contributed by atoms with van der Waals surface area (Å²) in [5.41, 5.74) is 3.39. The van der Waals surface area contributed by atoms with E-state index in [1.807, 2.05) is 6.08 Å². The van der Waals surface area contributed by atoms with E-state index in [0.717, 1.165) is 5.01 Å². The van der Waals surface area contributed by atoms with Gasteiger partial charge in [-0.25, -0.2) is 0 Å². The van der Waals surface area contributed by atoms with Gasteiger partial charge in [0.15, 0.2) is 11.5 Å². The molecule has 3 fully saturated rings. The summed E-state index contributed by atoms with van der Waals surface area (Å²) in [5.74, 6) is -6.26. The number of halogens is 2. The molecule has 2 aliphatic heterocycles. The molecule has 6 atom stereocenters. The van der Waals surface area contributed by atoms with E-state index in [1.165, 1.54) is 19.2 Å². The number of carbonyl (C=O) groups is 4. The largest absolute Gasteiger partial charge is 0.504 e. The predicted octanol–water partition coefficient (Wildman–Crippen LogP) is 5.48. The Hall–Kier alpha value is -4.58. The summed E-state index contributed by atoms with van der Waals surface area (Å²) in [6.07, 6.45) is 2.05. The number of hydroxylamine groups is 2. The van der Waals surface area contributed by atoms with Crippen molar-refractivity contribution < 1.29 is 39.0 Å². The van der Waals surface area contributed by atoms with E-state index in [0.29, 0.717) is 27.5 Å². The molecule has 7 rings (SSSR count). The van der Waals surface area contributed by atoms with Crippen LogP contribution in [-0.2, 0) is 24.6 Å². The molecule has 4 aliphatic rings. The molecule has 2 heterocycles. The van der Waals surface area contributed by atoms with E-state index in [2.05, 4.69) is 5.43 Å². The van der Waals surface area contributed by atoms with Gasteiger partial charge < -0.3 is 14.6 Å².